The molecule has 9 nitrogen and oxygen atoms in total. The molecule has 0 aliphatic heterocycles. The van der Waals surface area contributed by atoms with Crippen LogP contribution in [-0.4, -0.2) is 53.5 Å². The summed E-state index contributed by atoms with van der Waals surface area (Å²) in [6, 6.07) is 6.31. The Balaban J connectivity index is 2.80. The summed E-state index contributed by atoms with van der Waals surface area (Å²) >= 11 is 0. The summed E-state index contributed by atoms with van der Waals surface area (Å²) in [6.07, 6.45) is 0.171. The van der Waals surface area contributed by atoms with E-state index in [1.165, 1.54) is 6.92 Å². The molecule has 0 bridgehead atoms. The molecule has 0 aliphatic rings. The smallest absolute Gasteiger partial charge is 0.322 e. The second kappa shape index (κ2) is 11.0. The van der Waals surface area contributed by atoms with E-state index in [1.54, 1.807) is 38.1 Å². The van der Waals surface area contributed by atoms with E-state index in [0.717, 1.165) is 5.56 Å². The van der Waals surface area contributed by atoms with Crippen LogP contribution < -0.4 is 21.7 Å². The van der Waals surface area contributed by atoms with Gasteiger partial charge in [0.05, 0.1) is 6.04 Å². The van der Waals surface area contributed by atoms with Gasteiger partial charge in [0.2, 0.25) is 17.7 Å². The van der Waals surface area contributed by atoms with Crippen molar-refractivity contribution in [2.24, 2.45) is 11.7 Å². The molecule has 0 aromatic heterocycles. The van der Waals surface area contributed by atoms with Gasteiger partial charge in [-0.05, 0) is 18.4 Å². The minimum absolute atomic E-state index is 0.0945. The maximum atomic E-state index is 12.5. The maximum absolute atomic E-state index is 12.5. The van der Waals surface area contributed by atoms with Crippen molar-refractivity contribution in [1.29, 1.82) is 0 Å². The fourth-order valence-corrected chi connectivity index (χ4v) is 2.32. The number of carboxylic acids is 1. The predicted octanol–water partition coefficient (Wildman–Crippen LogP) is -0.597. The van der Waals surface area contributed by atoms with Crippen molar-refractivity contribution in [3.05, 3.63) is 35.9 Å². The lowest BCUT2D eigenvalue weighted by atomic mass is 10.0. The number of nitrogens with one attached hydrogen (secondary N) is 3. The molecule has 1 rings (SSSR count). The summed E-state index contributed by atoms with van der Waals surface area (Å²) in [5, 5.41) is 16.1. The van der Waals surface area contributed by atoms with E-state index in [1.807, 2.05) is 6.07 Å². The van der Waals surface area contributed by atoms with Crippen LogP contribution in [0.3, 0.4) is 0 Å². The largest absolute Gasteiger partial charge is 0.480 e. The van der Waals surface area contributed by atoms with Crippen molar-refractivity contribution in [2.45, 2.75) is 45.3 Å². The van der Waals surface area contributed by atoms with Gasteiger partial charge >= 0.3 is 5.97 Å². The standard InChI is InChI=1S/C19H28N4O5/c1-11(2)16(20)19(28)22-12(3)17(26)23-14(18(27)21-10-15(24)25)9-13-7-5-4-6-8-13/h4-8,11-12,14,16H,9-10,20H2,1-3H3,(H,21,27)(H,22,28)(H,23,26)(H,24,25). The lowest BCUT2D eigenvalue weighted by molar-refractivity contribution is -0.138. The maximum Gasteiger partial charge on any atom is 0.322 e. The number of aliphatic carboxylic acids is 1. The number of benzene rings is 1. The van der Waals surface area contributed by atoms with Gasteiger partial charge in [-0.2, -0.15) is 0 Å². The number of carbonyl (C=O) groups is 4. The highest BCUT2D eigenvalue weighted by atomic mass is 16.4. The molecule has 28 heavy (non-hydrogen) atoms. The minimum atomic E-state index is -1.19. The quantitative estimate of drug-likeness (QED) is 0.359. The van der Waals surface area contributed by atoms with E-state index < -0.39 is 48.4 Å². The lowest BCUT2D eigenvalue weighted by Gasteiger charge is -2.23. The summed E-state index contributed by atoms with van der Waals surface area (Å²) < 4.78 is 0. The van der Waals surface area contributed by atoms with Gasteiger partial charge in [0.1, 0.15) is 18.6 Å². The molecule has 0 heterocycles. The summed E-state index contributed by atoms with van der Waals surface area (Å²) in [6.45, 7) is 4.50. The van der Waals surface area contributed by atoms with Gasteiger partial charge in [-0.25, -0.2) is 0 Å². The number of carboxylic acid groups (broad SMARTS) is 1. The van der Waals surface area contributed by atoms with Crippen LogP contribution in [-0.2, 0) is 25.6 Å². The normalized spacial score (nSPS) is 13.9. The van der Waals surface area contributed by atoms with Crippen molar-refractivity contribution < 1.29 is 24.3 Å². The predicted molar refractivity (Wildman–Crippen MR) is 103 cm³/mol. The van der Waals surface area contributed by atoms with Crippen LogP contribution in [0, 0.1) is 5.92 Å². The van der Waals surface area contributed by atoms with Gasteiger partial charge in [-0.1, -0.05) is 44.2 Å². The number of hydrogen-bond donors (Lipinski definition) is 5. The Morgan fingerprint density at radius 2 is 1.57 bits per heavy atom. The van der Waals surface area contributed by atoms with Crippen LogP contribution in [0.4, 0.5) is 0 Å². The molecule has 1 aromatic rings. The van der Waals surface area contributed by atoms with Gasteiger partial charge in [0, 0.05) is 6.42 Å². The number of rotatable bonds is 10. The molecule has 6 N–H and O–H groups in total. The van der Waals surface area contributed by atoms with Crippen LogP contribution in [0.25, 0.3) is 0 Å². The second-order valence-corrected chi connectivity index (χ2v) is 6.86. The highest BCUT2D eigenvalue weighted by molar-refractivity contribution is 5.93. The van der Waals surface area contributed by atoms with Crippen molar-refractivity contribution in [2.75, 3.05) is 6.54 Å². The van der Waals surface area contributed by atoms with Gasteiger partial charge in [-0.3, -0.25) is 19.2 Å². The fraction of sp³-hybridized carbons (Fsp3) is 0.474. The molecule has 3 unspecified atom stereocenters. The molecule has 3 atom stereocenters. The Bertz CT molecular complexity index is 693. The Morgan fingerprint density at radius 1 is 0.964 bits per heavy atom. The molecule has 1 aromatic carbocycles. The van der Waals surface area contributed by atoms with E-state index >= 15 is 0 Å². The van der Waals surface area contributed by atoms with E-state index in [9.17, 15) is 19.2 Å². The summed E-state index contributed by atoms with van der Waals surface area (Å²) in [7, 11) is 0. The van der Waals surface area contributed by atoms with Crippen molar-refractivity contribution >= 4 is 23.7 Å². The molecule has 154 valence electrons. The fourth-order valence-electron chi connectivity index (χ4n) is 2.32. The zero-order chi connectivity index (χ0) is 21.3. The molecule has 0 saturated carbocycles. The number of amides is 3. The third-order valence-corrected chi connectivity index (χ3v) is 4.10. The SMILES string of the molecule is CC(NC(=O)C(N)C(C)C)C(=O)NC(Cc1ccccc1)C(=O)NCC(=O)O. The van der Waals surface area contributed by atoms with Crippen LogP contribution in [0.2, 0.25) is 0 Å². The Labute approximate surface area is 164 Å². The van der Waals surface area contributed by atoms with Gasteiger partial charge < -0.3 is 26.8 Å². The Kier molecular flexibility index (Phi) is 9.10. The number of nitrogens with two attached hydrogens (primary N) is 1. The van der Waals surface area contributed by atoms with E-state index in [4.69, 9.17) is 10.8 Å². The van der Waals surface area contributed by atoms with Crippen LogP contribution in [0.15, 0.2) is 30.3 Å². The average molecular weight is 392 g/mol. The molecule has 0 fully saturated rings. The molecule has 0 radical (unpaired) electrons. The van der Waals surface area contributed by atoms with E-state index in [2.05, 4.69) is 16.0 Å². The minimum Gasteiger partial charge on any atom is -0.480 e. The number of hydrogen-bond acceptors (Lipinski definition) is 5. The molecular formula is C19H28N4O5. The highest BCUT2D eigenvalue weighted by Gasteiger charge is 2.26. The van der Waals surface area contributed by atoms with Crippen LogP contribution in [0.5, 0.6) is 0 Å². The van der Waals surface area contributed by atoms with Gasteiger partial charge in [0.15, 0.2) is 0 Å². The first-order valence-corrected chi connectivity index (χ1v) is 9.01. The average Bonchev–Trinajstić information content (AvgIpc) is 2.65. The molecular weight excluding hydrogens is 364 g/mol. The van der Waals surface area contributed by atoms with E-state index in [-0.39, 0.29) is 12.3 Å². The van der Waals surface area contributed by atoms with Crippen LogP contribution >= 0.6 is 0 Å². The Hall–Kier alpha value is -2.94. The molecule has 9 heteroatoms. The first-order chi connectivity index (χ1) is 13.1. The molecule has 0 spiro atoms. The topological polar surface area (TPSA) is 151 Å². The van der Waals surface area contributed by atoms with Crippen LogP contribution in [0.1, 0.15) is 26.3 Å². The van der Waals surface area contributed by atoms with Crippen molar-refractivity contribution in [1.82, 2.24) is 16.0 Å². The first-order valence-electron chi connectivity index (χ1n) is 9.01. The first kappa shape index (κ1) is 23.1. The zero-order valence-corrected chi connectivity index (χ0v) is 16.3. The number of carbonyl (C=O) groups excluding carboxylic acids is 3. The monoisotopic (exact) mass is 392 g/mol. The third-order valence-electron chi connectivity index (χ3n) is 4.10. The zero-order valence-electron chi connectivity index (χ0n) is 16.3. The third kappa shape index (κ3) is 7.75. The Morgan fingerprint density at radius 3 is 2.11 bits per heavy atom. The summed E-state index contributed by atoms with van der Waals surface area (Å²) in [5.74, 6) is -2.95. The van der Waals surface area contributed by atoms with Crippen molar-refractivity contribution in [3.63, 3.8) is 0 Å². The van der Waals surface area contributed by atoms with E-state index in [0.29, 0.717) is 0 Å². The summed E-state index contributed by atoms with van der Waals surface area (Å²) in [4.78, 5) is 47.5. The summed E-state index contributed by atoms with van der Waals surface area (Å²) in [5.41, 5.74) is 6.55. The molecule has 0 aliphatic carbocycles. The highest BCUT2D eigenvalue weighted by Crippen LogP contribution is 2.04. The van der Waals surface area contributed by atoms with Crippen molar-refractivity contribution in [3.8, 4) is 0 Å². The molecule has 3 amide bonds. The second-order valence-electron chi connectivity index (χ2n) is 6.86. The van der Waals surface area contributed by atoms with Gasteiger partial charge in [-0.15, -0.1) is 0 Å². The molecule has 0 saturated heterocycles. The lowest BCUT2D eigenvalue weighted by Crippen LogP contribution is -2.56. The van der Waals surface area contributed by atoms with Gasteiger partial charge in [0.25, 0.3) is 0 Å².